The molecule has 1 rings (SSSR count). The smallest absolute Gasteiger partial charge is 0.381 e. The van der Waals surface area contributed by atoms with E-state index in [2.05, 4.69) is 5.32 Å². The first-order chi connectivity index (χ1) is 7.03. The van der Waals surface area contributed by atoms with Crippen LogP contribution in [0.3, 0.4) is 0 Å². The van der Waals surface area contributed by atoms with Gasteiger partial charge in [0.05, 0.1) is 6.61 Å². The summed E-state index contributed by atoms with van der Waals surface area (Å²) in [5.41, 5.74) is 0. The number of ether oxygens (including phenoxy) is 1. The predicted molar refractivity (Wildman–Crippen MR) is 51.7 cm³/mol. The molecule has 0 saturated carbocycles. The van der Waals surface area contributed by atoms with Crippen LogP contribution in [0.1, 0.15) is 26.2 Å². The van der Waals surface area contributed by atoms with Crippen molar-refractivity contribution in [3.8, 4) is 0 Å². The Kier molecular flexibility index (Phi) is 4.86. The molecule has 1 aliphatic heterocycles. The summed E-state index contributed by atoms with van der Waals surface area (Å²) in [5, 5.41) is 3.12. The number of hydrogen-bond acceptors (Lipinski definition) is 2. The summed E-state index contributed by atoms with van der Waals surface area (Å²) in [4.78, 5) is 0. The largest absolute Gasteiger partial charge is 0.389 e. The molecule has 0 aromatic carbocycles. The lowest BCUT2D eigenvalue weighted by atomic mass is 9.95. The summed E-state index contributed by atoms with van der Waals surface area (Å²) in [5.74, 6) is 0.243. The molecular formula is C10H18F3NO. The zero-order chi connectivity index (χ0) is 11.3. The molecule has 0 aromatic heterocycles. The van der Waals surface area contributed by atoms with Crippen molar-refractivity contribution >= 4 is 0 Å². The van der Waals surface area contributed by atoms with E-state index in [1.807, 2.05) is 6.92 Å². The average Bonchev–Trinajstić information content (AvgIpc) is 2.63. The molecule has 1 saturated heterocycles. The Hall–Kier alpha value is -0.290. The van der Waals surface area contributed by atoms with Crippen molar-refractivity contribution < 1.29 is 17.9 Å². The van der Waals surface area contributed by atoms with Crippen LogP contribution in [0.15, 0.2) is 0 Å². The first-order valence-electron chi connectivity index (χ1n) is 5.41. The Balaban J connectivity index is 2.35. The minimum absolute atomic E-state index is 0.0564. The Labute approximate surface area is 88.2 Å². The first kappa shape index (κ1) is 12.8. The van der Waals surface area contributed by atoms with Gasteiger partial charge in [0.15, 0.2) is 0 Å². The highest BCUT2D eigenvalue weighted by Gasteiger charge is 2.31. The molecular weight excluding hydrogens is 207 g/mol. The van der Waals surface area contributed by atoms with Crippen LogP contribution >= 0.6 is 0 Å². The van der Waals surface area contributed by atoms with Gasteiger partial charge in [-0.3, -0.25) is 0 Å². The van der Waals surface area contributed by atoms with E-state index in [9.17, 15) is 13.2 Å². The van der Waals surface area contributed by atoms with Crippen LogP contribution in [-0.2, 0) is 4.74 Å². The van der Waals surface area contributed by atoms with Crippen LogP contribution in [0.4, 0.5) is 13.2 Å². The van der Waals surface area contributed by atoms with Crippen LogP contribution in [-0.4, -0.2) is 32.0 Å². The van der Waals surface area contributed by atoms with Gasteiger partial charge in [-0.15, -0.1) is 0 Å². The molecule has 0 amide bonds. The van der Waals surface area contributed by atoms with Crippen molar-refractivity contribution in [1.82, 2.24) is 5.32 Å². The average molecular weight is 225 g/mol. The number of nitrogens with one attached hydrogen (secondary N) is 1. The molecule has 1 N–H and O–H groups in total. The summed E-state index contributed by atoms with van der Waals surface area (Å²) in [7, 11) is 0. The molecule has 0 spiro atoms. The quantitative estimate of drug-likeness (QED) is 0.775. The van der Waals surface area contributed by atoms with E-state index in [4.69, 9.17) is 4.74 Å². The van der Waals surface area contributed by atoms with Crippen molar-refractivity contribution in [3.05, 3.63) is 0 Å². The normalized spacial score (nSPS) is 24.4. The molecule has 0 aliphatic carbocycles. The molecule has 0 aromatic rings. The van der Waals surface area contributed by atoms with Gasteiger partial charge in [-0.1, -0.05) is 6.92 Å². The van der Waals surface area contributed by atoms with Gasteiger partial charge in [-0.05, 0) is 25.3 Å². The van der Waals surface area contributed by atoms with Crippen LogP contribution in [0.2, 0.25) is 0 Å². The van der Waals surface area contributed by atoms with Crippen molar-refractivity contribution in [1.29, 1.82) is 0 Å². The minimum Gasteiger partial charge on any atom is -0.381 e. The molecule has 90 valence electrons. The van der Waals surface area contributed by atoms with Gasteiger partial charge in [0, 0.05) is 19.1 Å². The lowest BCUT2D eigenvalue weighted by Gasteiger charge is -2.23. The van der Waals surface area contributed by atoms with Crippen molar-refractivity contribution in [2.75, 3.05) is 19.8 Å². The van der Waals surface area contributed by atoms with Gasteiger partial charge in [0.25, 0.3) is 0 Å². The van der Waals surface area contributed by atoms with Crippen molar-refractivity contribution in [2.45, 2.75) is 38.4 Å². The second-order valence-electron chi connectivity index (χ2n) is 3.94. The third-order valence-corrected chi connectivity index (χ3v) is 2.74. The Morgan fingerprint density at radius 2 is 2.20 bits per heavy atom. The Morgan fingerprint density at radius 3 is 2.67 bits per heavy atom. The highest BCUT2D eigenvalue weighted by molar-refractivity contribution is 4.79. The van der Waals surface area contributed by atoms with E-state index in [0.717, 1.165) is 6.42 Å². The number of halogens is 3. The molecule has 2 atom stereocenters. The van der Waals surface area contributed by atoms with Crippen LogP contribution in [0.5, 0.6) is 0 Å². The fourth-order valence-electron chi connectivity index (χ4n) is 1.96. The zero-order valence-corrected chi connectivity index (χ0v) is 8.94. The second-order valence-corrected chi connectivity index (χ2v) is 3.94. The van der Waals surface area contributed by atoms with Gasteiger partial charge < -0.3 is 10.1 Å². The monoisotopic (exact) mass is 225 g/mol. The highest BCUT2D eigenvalue weighted by Crippen LogP contribution is 2.26. The molecule has 1 fully saturated rings. The van der Waals surface area contributed by atoms with Crippen LogP contribution < -0.4 is 5.32 Å². The summed E-state index contributed by atoms with van der Waals surface area (Å²) in [6.45, 7) is 3.89. The van der Waals surface area contributed by atoms with Crippen molar-refractivity contribution in [3.63, 3.8) is 0 Å². The standard InChI is InChI=1S/C10H18F3NO/c1-2-14-9(3-5-10(11,12)13)8-4-6-15-7-8/h8-9,14H,2-7H2,1H3. The number of alkyl halides is 3. The van der Waals surface area contributed by atoms with E-state index < -0.39 is 12.6 Å². The van der Waals surface area contributed by atoms with Gasteiger partial charge in [-0.25, -0.2) is 0 Å². The first-order valence-corrected chi connectivity index (χ1v) is 5.41. The number of hydrogen-bond donors (Lipinski definition) is 1. The molecule has 0 radical (unpaired) electrons. The van der Waals surface area contributed by atoms with Crippen LogP contribution in [0, 0.1) is 5.92 Å². The van der Waals surface area contributed by atoms with Crippen LogP contribution in [0.25, 0.3) is 0 Å². The van der Waals surface area contributed by atoms with Gasteiger partial charge in [0.1, 0.15) is 0 Å². The van der Waals surface area contributed by atoms with Gasteiger partial charge in [-0.2, -0.15) is 13.2 Å². The molecule has 2 unspecified atom stereocenters. The molecule has 2 nitrogen and oxygen atoms in total. The van der Waals surface area contributed by atoms with Crippen molar-refractivity contribution in [2.24, 2.45) is 5.92 Å². The van der Waals surface area contributed by atoms with E-state index in [0.29, 0.717) is 19.8 Å². The molecule has 1 aliphatic rings. The second kappa shape index (κ2) is 5.70. The van der Waals surface area contributed by atoms with E-state index in [1.54, 1.807) is 0 Å². The third-order valence-electron chi connectivity index (χ3n) is 2.74. The Bertz CT molecular complexity index is 178. The SMILES string of the molecule is CCNC(CCC(F)(F)F)C1CCOC1. The van der Waals surface area contributed by atoms with Gasteiger partial charge in [0.2, 0.25) is 0 Å². The van der Waals surface area contributed by atoms with E-state index in [-0.39, 0.29) is 18.4 Å². The van der Waals surface area contributed by atoms with E-state index >= 15 is 0 Å². The minimum atomic E-state index is -4.05. The summed E-state index contributed by atoms with van der Waals surface area (Å²) >= 11 is 0. The molecule has 1 heterocycles. The topological polar surface area (TPSA) is 21.3 Å². The van der Waals surface area contributed by atoms with Gasteiger partial charge >= 0.3 is 6.18 Å². The molecule has 15 heavy (non-hydrogen) atoms. The Morgan fingerprint density at radius 1 is 1.47 bits per heavy atom. The highest BCUT2D eigenvalue weighted by atomic mass is 19.4. The predicted octanol–water partition coefficient (Wildman–Crippen LogP) is 2.34. The summed E-state index contributed by atoms with van der Waals surface area (Å²) in [6, 6.07) is -0.0564. The lowest BCUT2D eigenvalue weighted by Crippen LogP contribution is -2.37. The maximum atomic E-state index is 12.1. The number of rotatable bonds is 5. The lowest BCUT2D eigenvalue weighted by molar-refractivity contribution is -0.137. The third kappa shape index (κ3) is 4.84. The van der Waals surface area contributed by atoms with E-state index in [1.165, 1.54) is 0 Å². The summed E-state index contributed by atoms with van der Waals surface area (Å²) in [6.07, 6.45) is -3.73. The fourth-order valence-corrected chi connectivity index (χ4v) is 1.96. The molecule has 0 bridgehead atoms. The summed E-state index contributed by atoms with van der Waals surface area (Å²) < 4.78 is 41.4. The fraction of sp³-hybridized carbons (Fsp3) is 1.00. The zero-order valence-electron chi connectivity index (χ0n) is 8.94. The molecule has 5 heteroatoms. The maximum Gasteiger partial charge on any atom is 0.389 e. The maximum absolute atomic E-state index is 12.1.